The zero-order chi connectivity index (χ0) is 25.5. The predicted molar refractivity (Wildman–Crippen MR) is 163 cm³/mol. The van der Waals surface area contributed by atoms with Gasteiger partial charge in [-0.05, 0) is 96.1 Å². The Bertz CT molecular complexity index is 1060. The Morgan fingerprint density at radius 2 is 1.79 bits per heavy atom. The Morgan fingerprint density at radius 1 is 1.05 bits per heavy atom. The number of hydrogen-bond donors (Lipinski definition) is 1. The Morgan fingerprint density at radius 3 is 2.54 bits per heavy atom. The number of anilines is 3. The van der Waals surface area contributed by atoms with Gasteiger partial charge < -0.3 is 25.5 Å². The van der Waals surface area contributed by atoms with Crippen molar-refractivity contribution in [3.05, 3.63) is 48.2 Å². The monoisotopic (exact) mass is 582 g/mol. The number of likely N-dealkylation sites (tertiary alicyclic amines) is 1. The second-order valence-electron chi connectivity index (χ2n) is 9.78. The lowest BCUT2D eigenvalue weighted by molar-refractivity contribution is 0.102. The van der Waals surface area contributed by atoms with E-state index < -0.39 is 0 Å². The Labute approximate surface area is 245 Å². The van der Waals surface area contributed by atoms with Crippen molar-refractivity contribution in [3.63, 3.8) is 0 Å². The molecule has 1 saturated heterocycles. The number of nitrogens with one attached hydrogen (secondary N) is 1. The van der Waals surface area contributed by atoms with E-state index in [0.29, 0.717) is 22.8 Å². The lowest BCUT2D eigenvalue weighted by Gasteiger charge is -2.39. The van der Waals surface area contributed by atoms with Crippen molar-refractivity contribution >= 4 is 53.9 Å². The summed E-state index contributed by atoms with van der Waals surface area (Å²) < 4.78 is 0. The highest BCUT2D eigenvalue weighted by molar-refractivity contribution is 6.16. The molecule has 0 saturated carbocycles. The number of piperidine rings is 1. The molecule has 2 aromatic rings. The van der Waals surface area contributed by atoms with Gasteiger partial charge in [-0.1, -0.05) is 26.0 Å². The van der Waals surface area contributed by atoms with E-state index in [2.05, 4.69) is 41.0 Å². The molecule has 39 heavy (non-hydrogen) atoms. The van der Waals surface area contributed by atoms with Crippen molar-refractivity contribution in [2.75, 3.05) is 56.5 Å². The minimum absolute atomic E-state index is 0. The van der Waals surface area contributed by atoms with E-state index >= 15 is 0 Å². The summed E-state index contributed by atoms with van der Waals surface area (Å²) in [6.45, 7) is 10.5. The molecule has 3 N–H and O–H groups in total. The summed E-state index contributed by atoms with van der Waals surface area (Å²) in [7, 11) is 2.18. The lowest BCUT2D eigenvalue weighted by Crippen LogP contribution is -2.50. The van der Waals surface area contributed by atoms with Crippen LogP contribution in [0.1, 0.15) is 56.3 Å². The van der Waals surface area contributed by atoms with Gasteiger partial charge in [-0.3, -0.25) is 4.79 Å². The highest BCUT2D eigenvalue weighted by Gasteiger charge is 2.36. The highest BCUT2D eigenvalue weighted by atomic mass is 35.5. The van der Waals surface area contributed by atoms with E-state index in [1.807, 2.05) is 29.2 Å². The molecule has 2 aliphatic rings. The number of aromatic nitrogens is 1. The first-order valence-electron chi connectivity index (χ1n) is 13.4. The van der Waals surface area contributed by atoms with Gasteiger partial charge in [0.25, 0.3) is 5.91 Å². The summed E-state index contributed by atoms with van der Waals surface area (Å²) in [4.78, 5) is 40.1. The van der Waals surface area contributed by atoms with Crippen molar-refractivity contribution in [2.24, 2.45) is 0 Å². The molecule has 1 atom stereocenters. The molecule has 0 bridgehead atoms. The number of fused-ring (bicyclic) bond motifs is 2. The van der Waals surface area contributed by atoms with E-state index in [0.717, 1.165) is 71.4 Å². The summed E-state index contributed by atoms with van der Waals surface area (Å²) in [5.74, 6) is 0.144. The average molecular weight is 584 g/mol. The molecule has 0 aliphatic carbocycles. The normalized spacial score (nSPS) is 16.2. The summed E-state index contributed by atoms with van der Waals surface area (Å²) in [5, 5.41) is 2.95. The number of pyridine rings is 1. The standard InChI is InChI=1S/C28H40N6O2.2ClH.H2O/c1-4-32(5-2)19-11-18-31(3)21-16-22-12-8-9-20-33(22)28(36)34-25-15-7-6-14-24(25)30-27(35)23-13-10-17-29-26(23)34;;;/h6-7,10,13-15,17,22H,4-5,8-9,11-12,16,18-21H2,1-3H3,(H,30,35);2*1H;1H2. The van der Waals surface area contributed by atoms with Gasteiger partial charge >= 0.3 is 6.03 Å². The number of hydrogen-bond acceptors (Lipinski definition) is 5. The Kier molecular flexibility index (Phi) is 14.7. The van der Waals surface area contributed by atoms with Gasteiger partial charge in [-0.15, -0.1) is 24.8 Å². The number of urea groups is 1. The number of nitrogens with zero attached hydrogens (tertiary/aromatic N) is 5. The predicted octanol–water partition coefficient (Wildman–Crippen LogP) is 4.83. The molecule has 4 rings (SSSR count). The molecule has 1 fully saturated rings. The SMILES string of the molecule is CCN(CC)CCCN(C)CCC1CCCCN1C(=O)N1c2ccccc2NC(=O)c2cccnc21.Cl.Cl.O. The van der Waals surface area contributed by atoms with Crippen LogP contribution < -0.4 is 10.2 Å². The second kappa shape index (κ2) is 16.6. The topological polar surface area (TPSA) is 104 Å². The van der Waals surface area contributed by atoms with E-state index in [1.54, 1.807) is 23.2 Å². The maximum absolute atomic E-state index is 14.2. The second-order valence-corrected chi connectivity index (χ2v) is 9.78. The Balaban J connectivity index is 0.00000253. The fourth-order valence-electron chi connectivity index (χ4n) is 5.29. The van der Waals surface area contributed by atoms with E-state index in [9.17, 15) is 9.59 Å². The van der Waals surface area contributed by atoms with Crippen molar-refractivity contribution in [1.29, 1.82) is 0 Å². The molecular formula is C28H44Cl2N6O3. The number of para-hydroxylation sites is 2. The third kappa shape index (κ3) is 8.28. The number of halogens is 2. The van der Waals surface area contributed by atoms with E-state index in [4.69, 9.17) is 0 Å². The van der Waals surface area contributed by atoms with Gasteiger partial charge in [-0.2, -0.15) is 0 Å². The van der Waals surface area contributed by atoms with Crippen molar-refractivity contribution in [1.82, 2.24) is 19.7 Å². The largest absolute Gasteiger partial charge is 0.412 e. The minimum Gasteiger partial charge on any atom is -0.412 e. The van der Waals surface area contributed by atoms with Gasteiger partial charge in [-0.25, -0.2) is 14.7 Å². The van der Waals surface area contributed by atoms with E-state index in [1.165, 1.54) is 0 Å². The fourth-order valence-corrected chi connectivity index (χ4v) is 5.29. The van der Waals surface area contributed by atoms with Gasteiger partial charge in [0.15, 0.2) is 5.82 Å². The first-order chi connectivity index (χ1) is 17.5. The van der Waals surface area contributed by atoms with Crippen LogP contribution in [0.4, 0.5) is 22.0 Å². The van der Waals surface area contributed by atoms with Crippen LogP contribution in [0.15, 0.2) is 42.6 Å². The molecule has 1 aromatic heterocycles. The molecule has 218 valence electrons. The molecule has 0 radical (unpaired) electrons. The van der Waals surface area contributed by atoms with Crippen LogP contribution >= 0.6 is 24.8 Å². The van der Waals surface area contributed by atoms with Crippen molar-refractivity contribution in [3.8, 4) is 0 Å². The zero-order valence-corrected chi connectivity index (χ0v) is 24.9. The van der Waals surface area contributed by atoms with Crippen LogP contribution in [-0.2, 0) is 0 Å². The number of carbonyl (C=O) groups is 2. The molecule has 1 unspecified atom stereocenters. The third-order valence-corrected chi connectivity index (χ3v) is 7.45. The van der Waals surface area contributed by atoms with Crippen molar-refractivity contribution < 1.29 is 15.1 Å². The number of carbonyl (C=O) groups excluding carboxylic acids is 2. The quantitative estimate of drug-likeness (QED) is 0.456. The Hall–Kier alpha value is -2.43. The summed E-state index contributed by atoms with van der Waals surface area (Å²) >= 11 is 0. The molecule has 1 aromatic carbocycles. The van der Waals surface area contributed by atoms with Crippen molar-refractivity contribution in [2.45, 2.75) is 52.0 Å². The molecule has 9 nitrogen and oxygen atoms in total. The van der Waals surface area contributed by atoms with E-state index in [-0.39, 0.29) is 48.3 Å². The summed E-state index contributed by atoms with van der Waals surface area (Å²) in [5.41, 5.74) is 1.69. The molecule has 3 heterocycles. The summed E-state index contributed by atoms with van der Waals surface area (Å²) in [6, 6.07) is 11.0. The molecule has 0 spiro atoms. The number of benzene rings is 1. The zero-order valence-electron chi connectivity index (χ0n) is 23.3. The fraction of sp³-hybridized carbons (Fsp3) is 0.536. The maximum atomic E-state index is 14.2. The third-order valence-electron chi connectivity index (χ3n) is 7.45. The van der Waals surface area contributed by atoms with Crippen LogP contribution in [0.5, 0.6) is 0 Å². The molecular weight excluding hydrogens is 539 g/mol. The smallest absolute Gasteiger partial charge is 0.330 e. The summed E-state index contributed by atoms with van der Waals surface area (Å²) in [6.07, 6.45) is 6.85. The van der Waals surface area contributed by atoms with Gasteiger partial charge in [0.1, 0.15) is 0 Å². The number of amides is 3. The van der Waals surface area contributed by atoms with Crippen LogP contribution in [0.2, 0.25) is 0 Å². The first-order valence-corrected chi connectivity index (χ1v) is 13.4. The molecule has 2 aliphatic heterocycles. The van der Waals surface area contributed by atoms with Crippen LogP contribution in [0, 0.1) is 0 Å². The maximum Gasteiger partial charge on any atom is 0.330 e. The van der Waals surface area contributed by atoms with Crippen LogP contribution in [0.3, 0.4) is 0 Å². The molecule has 11 heteroatoms. The lowest BCUT2D eigenvalue weighted by atomic mass is 9.99. The van der Waals surface area contributed by atoms with Gasteiger partial charge in [0.05, 0.1) is 16.9 Å². The van der Waals surface area contributed by atoms with Crippen LogP contribution in [-0.4, -0.2) is 89.5 Å². The average Bonchev–Trinajstić information content (AvgIpc) is 3.03. The number of rotatable bonds is 9. The van der Waals surface area contributed by atoms with Crippen LogP contribution in [0.25, 0.3) is 0 Å². The van der Waals surface area contributed by atoms with Gasteiger partial charge in [0, 0.05) is 18.8 Å². The highest BCUT2D eigenvalue weighted by Crippen LogP contribution is 2.38. The first kappa shape index (κ1) is 34.6. The van der Waals surface area contributed by atoms with Gasteiger partial charge in [0.2, 0.25) is 0 Å². The molecule has 3 amide bonds. The minimum atomic E-state index is -0.248.